The molecule has 4 amide bonds. The van der Waals surface area contributed by atoms with Crippen LogP contribution in [0.1, 0.15) is 29.5 Å². The molecule has 0 aliphatic carbocycles. The van der Waals surface area contributed by atoms with Crippen molar-refractivity contribution in [3.05, 3.63) is 102 Å². The van der Waals surface area contributed by atoms with E-state index in [1.54, 1.807) is 48.7 Å². The van der Waals surface area contributed by atoms with Crippen molar-refractivity contribution >= 4 is 40.5 Å². The van der Waals surface area contributed by atoms with Crippen LogP contribution in [0.25, 0.3) is 10.9 Å². The Balaban J connectivity index is 1.51. The van der Waals surface area contributed by atoms with Gasteiger partial charge in [0.1, 0.15) is 23.9 Å². The fourth-order valence-electron chi connectivity index (χ4n) is 5.14. The predicted molar refractivity (Wildman–Crippen MR) is 174 cm³/mol. The van der Waals surface area contributed by atoms with Gasteiger partial charge in [0.05, 0.1) is 6.04 Å². The third kappa shape index (κ3) is 9.90. The molecule has 0 fully saturated rings. The van der Waals surface area contributed by atoms with Crippen molar-refractivity contribution in [1.29, 1.82) is 0 Å². The second-order valence-corrected chi connectivity index (χ2v) is 11.3. The fourth-order valence-corrected chi connectivity index (χ4v) is 5.14. The summed E-state index contributed by atoms with van der Waals surface area (Å²) in [4.78, 5) is 67.2. The summed E-state index contributed by atoms with van der Waals surface area (Å²) in [5.41, 5.74) is 14.5. The minimum atomic E-state index is -1.31. The van der Waals surface area contributed by atoms with Crippen LogP contribution in [0.3, 0.4) is 0 Å². The highest BCUT2D eigenvalue weighted by molar-refractivity contribution is 5.95. The number of aromatic amines is 1. The number of carbonyl (C=O) groups is 5. The van der Waals surface area contributed by atoms with E-state index >= 15 is 0 Å². The molecular weight excluding hydrogens is 604 g/mol. The van der Waals surface area contributed by atoms with E-state index in [-0.39, 0.29) is 37.9 Å². The Bertz CT molecular complexity index is 1710. The van der Waals surface area contributed by atoms with Gasteiger partial charge < -0.3 is 42.6 Å². The van der Waals surface area contributed by atoms with E-state index in [2.05, 4.69) is 20.9 Å². The second-order valence-electron chi connectivity index (χ2n) is 11.3. The SMILES string of the molecule is NC(=O)CCC(NC(=O)C(N)Cc1c[nH]c2ccccc12)C(=O)NC(Cc1ccc(O)cc1)C(=O)NC(Cc1ccccc1)C(=O)O. The quantitative estimate of drug-likeness (QED) is 0.0878. The van der Waals surface area contributed by atoms with E-state index in [9.17, 15) is 34.2 Å². The van der Waals surface area contributed by atoms with Crippen LogP contribution in [0.5, 0.6) is 5.75 Å². The number of benzene rings is 3. The number of hydrogen-bond acceptors (Lipinski definition) is 7. The number of aromatic nitrogens is 1. The number of nitrogens with two attached hydrogens (primary N) is 2. The third-order valence-electron chi connectivity index (χ3n) is 7.67. The number of carbonyl (C=O) groups excluding carboxylic acids is 4. The average molecular weight is 643 g/mol. The highest BCUT2D eigenvalue weighted by atomic mass is 16.4. The molecule has 10 N–H and O–H groups in total. The van der Waals surface area contributed by atoms with Crippen LogP contribution in [-0.2, 0) is 43.2 Å². The number of aliphatic carboxylic acids is 1. The number of H-pyrrole nitrogens is 1. The van der Waals surface area contributed by atoms with Gasteiger partial charge in [0, 0.05) is 36.4 Å². The highest BCUT2D eigenvalue weighted by Gasteiger charge is 2.31. The van der Waals surface area contributed by atoms with E-state index in [1.807, 2.05) is 24.3 Å². The monoisotopic (exact) mass is 642 g/mol. The molecule has 13 nitrogen and oxygen atoms in total. The van der Waals surface area contributed by atoms with Gasteiger partial charge in [-0.3, -0.25) is 19.2 Å². The van der Waals surface area contributed by atoms with Crippen LogP contribution in [0.4, 0.5) is 0 Å². The van der Waals surface area contributed by atoms with Crippen molar-refractivity contribution in [2.75, 3.05) is 0 Å². The number of carboxylic acids is 1. The molecule has 0 aliphatic rings. The zero-order chi connectivity index (χ0) is 33.9. The Morgan fingerprint density at radius 3 is 1.96 bits per heavy atom. The molecule has 0 bridgehead atoms. The number of fused-ring (bicyclic) bond motifs is 1. The van der Waals surface area contributed by atoms with Gasteiger partial charge in [-0.2, -0.15) is 0 Å². The number of aromatic hydroxyl groups is 1. The smallest absolute Gasteiger partial charge is 0.326 e. The lowest BCUT2D eigenvalue weighted by Crippen LogP contribution is -2.58. The summed E-state index contributed by atoms with van der Waals surface area (Å²) in [6.45, 7) is 0. The normalized spacial score (nSPS) is 13.6. The maximum absolute atomic E-state index is 13.6. The summed E-state index contributed by atoms with van der Waals surface area (Å²) in [7, 11) is 0. The first kappa shape index (κ1) is 34.2. The van der Waals surface area contributed by atoms with Crippen molar-refractivity contribution in [3.63, 3.8) is 0 Å². The minimum absolute atomic E-state index is 0.00655. The number of amides is 4. The van der Waals surface area contributed by atoms with Gasteiger partial charge in [0.15, 0.2) is 0 Å². The van der Waals surface area contributed by atoms with E-state index in [1.165, 1.54) is 12.1 Å². The van der Waals surface area contributed by atoms with Gasteiger partial charge in [0.25, 0.3) is 0 Å². The molecule has 4 aromatic rings. The number of hydrogen-bond donors (Lipinski definition) is 8. The van der Waals surface area contributed by atoms with Gasteiger partial charge in [-0.25, -0.2) is 4.79 Å². The molecule has 0 spiro atoms. The first-order valence-corrected chi connectivity index (χ1v) is 15.0. The molecule has 0 saturated carbocycles. The lowest BCUT2D eigenvalue weighted by molar-refractivity contribution is -0.142. The summed E-state index contributed by atoms with van der Waals surface area (Å²) in [6.07, 6.45) is 1.40. The van der Waals surface area contributed by atoms with Crippen LogP contribution in [-0.4, -0.2) is 69.0 Å². The molecule has 1 heterocycles. The third-order valence-corrected chi connectivity index (χ3v) is 7.67. The summed E-state index contributed by atoms with van der Waals surface area (Å²) >= 11 is 0. The lowest BCUT2D eigenvalue weighted by Gasteiger charge is -2.25. The Labute approximate surface area is 270 Å². The molecule has 13 heteroatoms. The van der Waals surface area contributed by atoms with Crippen molar-refractivity contribution in [3.8, 4) is 5.75 Å². The largest absolute Gasteiger partial charge is 0.508 e. The summed E-state index contributed by atoms with van der Waals surface area (Å²) in [5, 5.41) is 28.1. The molecule has 4 atom stereocenters. The van der Waals surface area contributed by atoms with Gasteiger partial charge >= 0.3 is 5.97 Å². The van der Waals surface area contributed by atoms with Crippen molar-refractivity contribution in [2.24, 2.45) is 11.5 Å². The second kappa shape index (κ2) is 16.0. The molecule has 1 aromatic heterocycles. The van der Waals surface area contributed by atoms with Gasteiger partial charge in [-0.1, -0.05) is 60.7 Å². The molecule has 4 unspecified atom stereocenters. The number of phenolic OH excluding ortho intramolecular Hbond substituents is 1. The van der Waals surface area contributed by atoms with Gasteiger partial charge in [-0.05, 0) is 47.7 Å². The maximum atomic E-state index is 13.6. The van der Waals surface area contributed by atoms with Crippen LogP contribution in [0.2, 0.25) is 0 Å². The number of para-hydroxylation sites is 1. The van der Waals surface area contributed by atoms with Crippen molar-refractivity contribution < 1.29 is 34.2 Å². The van der Waals surface area contributed by atoms with Crippen LogP contribution in [0.15, 0.2) is 85.1 Å². The summed E-state index contributed by atoms with van der Waals surface area (Å²) in [6, 6.07) is 17.2. The van der Waals surface area contributed by atoms with Crippen LogP contribution >= 0.6 is 0 Å². The lowest BCUT2D eigenvalue weighted by atomic mass is 10.0. The fraction of sp³-hybridized carbons (Fsp3) is 0.265. The Hall–Kier alpha value is -5.69. The first-order chi connectivity index (χ1) is 22.5. The molecule has 0 saturated heterocycles. The molecule has 246 valence electrons. The van der Waals surface area contributed by atoms with E-state index < -0.39 is 53.8 Å². The minimum Gasteiger partial charge on any atom is -0.508 e. The highest BCUT2D eigenvalue weighted by Crippen LogP contribution is 2.19. The molecular formula is C34H38N6O7. The molecule has 3 aromatic carbocycles. The van der Waals surface area contributed by atoms with Crippen LogP contribution in [0, 0.1) is 0 Å². The number of primary amides is 1. The molecule has 0 aliphatic heterocycles. The van der Waals surface area contributed by atoms with Gasteiger partial charge in [0.2, 0.25) is 23.6 Å². The van der Waals surface area contributed by atoms with Crippen molar-refractivity contribution in [2.45, 2.75) is 56.3 Å². The maximum Gasteiger partial charge on any atom is 0.326 e. The molecule has 4 rings (SSSR count). The van der Waals surface area contributed by atoms with E-state index in [4.69, 9.17) is 11.5 Å². The standard InChI is InChI=1S/C34H38N6O7/c35-25(18-22-19-37-26-9-5-4-8-24(22)26)31(43)38-27(14-15-30(36)42)32(44)39-28(16-21-10-12-23(41)13-11-21)33(45)40-29(34(46)47)17-20-6-2-1-3-7-20/h1-13,19,25,27-29,37,41H,14-18,35H2,(H2,36,42)(H,38,43)(H,39,44)(H,40,45)(H,46,47). The average Bonchev–Trinajstić information content (AvgIpc) is 3.46. The Kier molecular flexibility index (Phi) is 11.7. The summed E-state index contributed by atoms with van der Waals surface area (Å²) in [5.74, 6) is -4.23. The zero-order valence-corrected chi connectivity index (χ0v) is 25.5. The summed E-state index contributed by atoms with van der Waals surface area (Å²) < 4.78 is 0. The number of nitrogens with one attached hydrogen (secondary N) is 4. The van der Waals surface area contributed by atoms with E-state index in [0.717, 1.165) is 16.5 Å². The Morgan fingerprint density at radius 1 is 0.702 bits per heavy atom. The van der Waals surface area contributed by atoms with Crippen LogP contribution < -0.4 is 27.4 Å². The Morgan fingerprint density at radius 2 is 1.28 bits per heavy atom. The molecule has 0 radical (unpaired) electrons. The van der Waals surface area contributed by atoms with Crippen molar-refractivity contribution in [1.82, 2.24) is 20.9 Å². The number of phenols is 1. The number of rotatable bonds is 16. The topological polar surface area (TPSA) is 230 Å². The first-order valence-electron chi connectivity index (χ1n) is 15.0. The van der Waals surface area contributed by atoms with Gasteiger partial charge in [-0.15, -0.1) is 0 Å². The predicted octanol–water partition coefficient (Wildman–Crippen LogP) is 1.03. The zero-order valence-electron chi connectivity index (χ0n) is 25.5. The van der Waals surface area contributed by atoms with E-state index in [0.29, 0.717) is 11.1 Å². The molecule has 47 heavy (non-hydrogen) atoms. The number of carboxylic acid groups (broad SMARTS) is 1.